The van der Waals surface area contributed by atoms with Gasteiger partial charge in [0.1, 0.15) is 17.2 Å². The molecule has 1 heterocycles. The van der Waals surface area contributed by atoms with Crippen molar-refractivity contribution in [1.29, 1.82) is 0 Å². The van der Waals surface area contributed by atoms with Gasteiger partial charge >= 0.3 is 0 Å². The number of nitrogens with one attached hydrogen (secondary N) is 1. The molecule has 3 rings (SSSR count). The quantitative estimate of drug-likeness (QED) is 0.587. The van der Waals surface area contributed by atoms with Gasteiger partial charge in [0.05, 0.1) is 5.56 Å². The van der Waals surface area contributed by atoms with Gasteiger partial charge in [-0.1, -0.05) is 33.8 Å². The molecule has 0 radical (unpaired) electrons. The van der Waals surface area contributed by atoms with Crippen LogP contribution in [0, 0.1) is 19.7 Å². The van der Waals surface area contributed by atoms with Gasteiger partial charge < -0.3 is 9.73 Å². The summed E-state index contributed by atoms with van der Waals surface area (Å²) < 4.78 is 19.0. The molecule has 0 aliphatic heterocycles. The predicted octanol–water partition coefficient (Wildman–Crippen LogP) is 6.27. The van der Waals surface area contributed by atoms with Crippen molar-refractivity contribution in [3.63, 3.8) is 0 Å². The first kappa shape index (κ1) is 21.4. The maximum atomic E-state index is 13.1. The van der Waals surface area contributed by atoms with E-state index in [1.54, 1.807) is 19.2 Å². The topological polar surface area (TPSA) is 42.2 Å². The zero-order chi connectivity index (χ0) is 19.9. The third kappa shape index (κ3) is 4.13. The van der Waals surface area contributed by atoms with Crippen molar-refractivity contribution in [1.82, 2.24) is 5.32 Å². The number of hydrogen-bond donors (Lipinski definition) is 1. The van der Waals surface area contributed by atoms with E-state index >= 15 is 0 Å². The largest absolute Gasteiger partial charge is 0.455 e. The fourth-order valence-corrected chi connectivity index (χ4v) is 2.61. The number of furan rings is 1. The Labute approximate surface area is 155 Å². The van der Waals surface area contributed by atoms with Crippen LogP contribution >= 0.6 is 0 Å². The Balaban J connectivity index is 0.000000791. The van der Waals surface area contributed by atoms with Gasteiger partial charge in [-0.2, -0.15) is 0 Å². The second kappa shape index (κ2) is 9.76. The normalized spacial score (nSPS) is 9.69. The van der Waals surface area contributed by atoms with E-state index in [-0.39, 0.29) is 11.7 Å². The third-order valence-corrected chi connectivity index (χ3v) is 3.95. The van der Waals surface area contributed by atoms with Crippen molar-refractivity contribution in [3.05, 3.63) is 58.9 Å². The molecular formula is C22H28FNO2. The molecule has 1 aromatic heterocycles. The molecule has 2 aromatic carbocycles. The number of amides is 1. The molecule has 0 aliphatic rings. The third-order valence-electron chi connectivity index (χ3n) is 3.95. The van der Waals surface area contributed by atoms with Crippen molar-refractivity contribution in [3.8, 4) is 11.3 Å². The molecule has 1 amide bonds. The average Bonchev–Trinajstić information content (AvgIpc) is 3.08. The molecule has 0 bridgehead atoms. The van der Waals surface area contributed by atoms with Crippen LogP contribution in [0.4, 0.5) is 4.39 Å². The molecule has 0 spiro atoms. The van der Waals surface area contributed by atoms with E-state index in [0.717, 1.165) is 16.5 Å². The van der Waals surface area contributed by atoms with Gasteiger partial charge in [-0.15, -0.1) is 0 Å². The lowest BCUT2D eigenvalue weighted by atomic mass is 9.99. The fraction of sp³-hybridized carbons (Fsp3) is 0.318. The lowest BCUT2D eigenvalue weighted by molar-refractivity contribution is 0.0964. The van der Waals surface area contributed by atoms with Crippen LogP contribution in [-0.2, 0) is 0 Å². The number of carbonyl (C=O) groups excluding carboxylic acids is 1. The highest BCUT2D eigenvalue weighted by Gasteiger charge is 2.23. The van der Waals surface area contributed by atoms with Crippen LogP contribution in [0.5, 0.6) is 0 Å². The van der Waals surface area contributed by atoms with Crippen molar-refractivity contribution < 1.29 is 13.6 Å². The summed E-state index contributed by atoms with van der Waals surface area (Å²) in [5, 5.41) is 3.46. The zero-order valence-electron chi connectivity index (χ0n) is 16.7. The minimum Gasteiger partial charge on any atom is -0.455 e. The van der Waals surface area contributed by atoms with Gasteiger partial charge in [0, 0.05) is 18.0 Å². The molecule has 0 saturated carbocycles. The van der Waals surface area contributed by atoms with E-state index in [1.807, 2.05) is 53.7 Å². The van der Waals surface area contributed by atoms with Crippen LogP contribution in [0.2, 0.25) is 0 Å². The van der Waals surface area contributed by atoms with Crippen molar-refractivity contribution in [2.75, 3.05) is 7.05 Å². The number of carbonyl (C=O) groups is 1. The minimum absolute atomic E-state index is 0.216. The first-order valence-corrected chi connectivity index (χ1v) is 9.03. The second-order valence-corrected chi connectivity index (χ2v) is 5.27. The highest BCUT2D eigenvalue weighted by atomic mass is 19.1. The summed E-state index contributed by atoms with van der Waals surface area (Å²) in [4.78, 5) is 12.4. The monoisotopic (exact) mass is 357 g/mol. The summed E-state index contributed by atoms with van der Waals surface area (Å²) in [6.07, 6.45) is 0. The molecule has 3 nitrogen and oxygen atoms in total. The number of benzene rings is 2. The van der Waals surface area contributed by atoms with E-state index in [4.69, 9.17) is 4.42 Å². The number of halogens is 1. The van der Waals surface area contributed by atoms with E-state index in [2.05, 4.69) is 5.32 Å². The second-order valence-electron chi connectivity index (χ2n) is 5.27. The maximum Gasteiger partial charge on any atom is 0.255 e. The molecule has 3 aromatic rings. The molecule has 0 fully saturated rings. The average molecular weight is 357 g/mol. The highest BCUT2D eigenvalue weighted by molar-refractivity contribution is 6.12. The molecule has 0 unspecified atom stereocenters. The molecule has 4 heteroatoms. The smallest absolute Gasteiger partial charge is 0.255 e. The van der Waals surface area contributed by atoms with Crippen LogP contribution in [-0.4, -0.2) is 13.0 Å². The Morgan fingerprint density at radius 1 is 0.962 bits per heavy atom. The number of rotatable bonds is 2. The molecular weight excluding hydrogens is 329 g/mol. The molecule has 0 aliphatic carbocycles. The molecule has 0 atom stereocenters. The highest BCUT2D eigenvalue weighted by Crippen LogP contribution is 2.36. The summed E-state index contributed by atoms with van der Waals surface area (Å²) in [6.45, 7) is 12.0. The van der Waals surface area contributed by atoms with E-state index in [9.17, 15) is 9.18 Å². The van der Waals surface area contributed by atoms with Gasteiger partial charge in [0.15, 0.2) is 0 Å². The van der Waals surface area contributed by atoms with Gasteiger partial charge in [0.2, 0.25) is 0 Å². The van der Waals surface area contributed by atoms with Gasteiger partial charge in [0.25, 0.3) is 5.91 Å². The number of hydrogen-bond acceptors (Lipinski definition) is 2. The summed E-state index contributed by atoms with van der Waals surface area (Å²) in [6, 6.07) is 9.76. The summed E-state index contributed by atoms with van der Waals surface area (Å²) in [5.74, 6) is -0.0804. The lowest BCUT2D eigenvalue weighted by Crippen LogP contribution is -2.18. The fourth-order valence-electron chi connectivity index (χ4n) is 2.61. The van der Waals surface area contributed by atoms with E-state index < -0.39 is 0 Å². The first-order valence-electron chi connectivity index (χ1n) is 9.03. The Hall–Kier alpha value is -2.62. The minimum atomic E-state index is -0.326. The summed E-state index contributed by atoms with van der Waals surface area (Å²) in [7, 11) is 1.58. The Morgan fingerprint density at radius 3 is 2.08 bits per heavy atom. The van der Waals surface area contributed by atoms with Crippen molar-refractivity contribution in [2.24, 2.45) is 0 Å². The van der Waals surface area contributed by atoms with Gasteiger partial charge in [-0.3, -0.25) is 4.79 Å². The van der Waals surface area contributed by atoms with E-state index in [0.29, 0.717) is 22.5 Å². The predicted molar refractivity (Wildman–Crippen MR) is 107 cm³/mol. The SMILES string of the molecule is CC.CC.CNC(=O)c1c(-c2ccc(F)cc2)oc2ccc(C)c(C)c12. The molecule has 140 valence electrons. The van der Waals surface area contributed by atoms with E-state index in [1.165, 1.54) is 12.1 Å². The molecule has 1 N–H and O–H groups in total. The Kier molecular flexibility index (Phi) is 8.04. The van der Waals surface area contributed by atoms with Crippen LogP contribution in [0.3, 0.4) is 0 Å². The van der Waals surface area contributed by atoms with Crippen LogP contribution in [0.1, 0.15) is 49.2 Å². The Bertz CT molecular complexity index is 864. The summed E-state index contributed by atoms with van der Waals surface area (Å²) in [5.41, 5.74) is 3.91. The maximum absolute atomic E-state index is 13.1. The first-order chi connectivity index (χ1) is 12.5. The lowest BCUT2D eigenvalue weighted by Gasteiger charge is -2.05. The standard InChI is InChI=1S/C18H16FNO2.2C2H6/c1-10-4-9-14-15(11(10)2)16(18(21)20-3)17(22-14)12-5-7-13(19)8-6-12;2*1-2/h4-9H,1-3H3,(H,20,21);2*1-2H3. The van der Waals surface area contributed by atoms with Crippen LogP contribution in [0.25, 0.3) is 22.3 Å². The van der Waals surface area contributed by atoms with Crippen LogP contribution in [0.15, 0.2) is 40.8 Å². The van der Waals surface area contributed by atoms with Crippen molar-refractivity contribution in [2.45, 2.75) is 41.5 Å². The van der Waals surface area contributed by atoms with Gasteiger partial charge in [-0.05, 0) is 55.3 Å². The molecule has 26 heavy (non-hydrogen) atoms. The Morgan fingerprint density at radius 2 is 1.54 bits per heavy atom. The summed E-state index contributed by atoms with van der Waals surface area (Å²) >= 11 is 0. The number of aryl methyl sites for hydroxylation is 2. The zero-order valence-corrected chi connectivity index (χ0v) is 16.7. The molecule has 0 saturated heterocycles. The van der Waals surface area contributed by atoms with Gasteiger partial charge in [-0.25, -0.2) is 4.39 Å². The van der Waals surface area contributed by atoms with Crippen molar-refractivity contribution >= 4 is 16.9 Å². The van der Waals surface area contributed by atoms with Crippen LogP contribution < -0.4 is 5.32 Å². The number of fused-ring (bicyclic) bond motifs is 1.